The van der Waals surface area contributed by atoms with Gasteiger partial charge >= 0.3 is 0 Å². The number of hydrogen-bond acceptors (Lipinski definition) is 1. The van der Waals surface area contributed by atoms with Crippen molar-refractivity contribution in [1.82, 2.24) is 5.32 Å². The van der Waals surface area contributed by atoms with E-state index in [1.54, 1.807) is 0 Å². The van der Waals surface area contributed by atoms with E-state index >= 15 is 0 Å². The molecule has 0 amide bonds. The van der Waals surface area contributed by atoms with E-state index in [-0.39, 0.29) is 0 Å². The highest BCUT2D eigenvalue weighted by atomic mass is 15.0. The number of aryl methyl sites for hydroxylation is 2. The molecule has 0 radical (unpaired) electrons. The van der Waals surface area contributed by atoms with Crippen LogP contribution in [0, 0.1) is 25.7 Å². The lowest BCUT2D eigenvalue weighted by Gasteiger charge is -2.35. The van der Waals surface area contributed by atoms with Gasteiger partial charge in [0, 0.05) is 12.1 Å². The number of benzene rings is 1. The Kier molecular flexibility index (Phi) is 4.67. The molecule has 1 nitrogen and oxygen atoms in total. The molecule has 106 valence electrons. The van der Waals surface area contributed by atoms with Gasteiger partial charge in [0.15, 0.2) is 0 Å². The van der Waals surface area contributed by atoms with E-state index in [4.69, 9.17) is 0 Å². The van der Waals surface area contributed by atoms with E-state index < -0.39 is 0 Å². The van der Waals surface area contributed by atoms with Crippen LogP contribution in [0.15, 0.2) is 18.2 Å². The molecule has 0 aromatic heterocycles. The van der Waals surface area contributed by atoms with Crippen LogP contribution in [-0.2, 0) is 0 Å². The molecule has 1 aromatic carbocycles. The van der Waals surface area contributed by atoms with Gasteiger partial charge in [-0.3, -0.25) is 0 Å². The average Bonchev–Trinajstić information content (AvgIpc) is 2.35. The maximum atomic E-state index is 3.87. The Labute approximate surface area is 118 Å². The largest absolute Gasteiger partial charge is 0.307 e. The monoisotopic (exact) mass is 259 g/mol. The summed E-state index contributed by atoms with van der Waals surface area (Å²) >= 11 is 0. The highest BCUT2D eigenvalue weighted by Crippen LogP contribution is 2.30. The maximum Gasteiger partial charge on any atom is 0.0297 e. The van der Waals surface area contributed by atoms with E-state index in [1.165, 1.54) is 36.0 Å². The van der Waals surface area contributed by atoms with E-state index in [2.05, 4.69) is 58.1 Å². The summed E-state index contributed by atoms with van der Waals surface area (Å²) in [6.07, 6.45) is 4.08. The van der Waals surface area contributed by atoms with Gasteiger partial charge in [0.2, 0.25) is 0 Å². The predicted octanol–water partition coefficient (Wildman–Crippen LogP) is 4.78. The van der Waals surface area contributed by atoms with Crippen LogP contribution in [0.2, 0.25) is 0 Å². The van der Waals surface area contributed by atoms with Crippen LogP contribution in [0.3, 0.4) is 0 Å². The molecule has 1 saturated carbocycles. The summed E-state index contributed by atoms with van der Waals surface area (Å²) < 4.78 is 0. The molecule has 0 bridgehead atoms. The van der Waals surface area contributed by atoms with Gasteiger partial charge in [0.05, 0.1) is 0 Å². The standard InChI is InChI=1S/C18H29N/c1-12-7-9-18(15(4)10-12)19-16(5)17-11-13(2)6-8-14(17)3/h6,8,11-12,15-16,18-19H,7,9-10H2,1-5H3. The fraction of sp³-hybridized carbons (Fsp3) is 0.667. The van der Waals surface area contributed by atoms with Gasteiger partial charge < -0.3 is 5.32 Å². The minimum Gasteiger partial charge on any atom is -0.307 e. The minimum atomic E-state index is 0.459. The molecular weight excluding hydrogens is 230 g/mol. The van der Waals surface area contributed by atoms with Crippen LogP contribution in [0.25, 0.3) is 0 Å². The molecule has 0 aliphatic heterocycles. The second kappa shape index (κ2) is 6.09. The van der Waals surface area contributed by atoms with Crippen molar-refractivity contribution in [2.75, 3.05) is 0 Å². The Bertz CT molecular complexity index is 424. The van der Waals surface area contributed by atoms with Crippen molar-refractivity contribution < 1.29 is 0 Å². The zero-order valence-electron chi connectivity index (χ0n) is 13.2. The molecule has 0 heterocycles. The third-order valence-electron chi connectivity index (χ3n) is 4.80. The third-order valence-corrected chi connectivity index (χ3v) is 4.80. The first-order valence-corrected chi connectivity index (χ1v) is 7.80. The van der Waals surface area contributed by atoms with Crippen LogP contribution in [0.4, 0.5) is 0 Å². The smallest absolute Gasteiger partial charge is 0.0297 e. The molecular formula is C18H29N. The van der Waals surface area contributed by atoms with Crippen LogP contribution in [0.1, 0.15) is 62.8 Å². The molecule has 19 heavy (non-hydrogen) atoms. The SMILES string of the molecule is Cc1ccc(C)c(C(C)NC2CCC(C)CC2C)c1. The normalized spacial score (nSPS) is 29.2. The quantitative estimate of drug-likeness (QED) is 0.824. The molecule has 2 rings (SSSR count). The van der Waals surface area contributed by atoms with Gasteiger partial charge in [-0.2, -0.15) is 0 Å². The molecule has 1 N–H and O–H groups in total. The zero-order valence-corrected chi connectivity index (χ0v) is 13.2. The van der Waals surface area contributed by atoms with Gasteiger partial charge in [-0.25, -0.2) is 0 Å². The van der Waals surface area contributed by atoms with Gasteiger partial charge in [0.1, 0.15) is 0 Å². The zero-order chi connectivity index (χ0) is 14.0. The Hall–Kier alpha value is -0.820. The molecule has 4 atom stereocenters. The molecule has 1 aliphatic rings. The lowest BCUT2D eigenvalue weighted by Crippen LogP contribution is -2.40. The Balaban J connectivity index is 2.04. The molecule has 4 unspecified atom stereocenters. The van der Waals surface area contributed by atoms with E-state index in [0.717, 1.165) is 11.8 Å². The Morgan fingerprint density at radius 3 is 2.58 bits per heavy atom. The summed E-state index contributed by atoms with van der Waals surface area (Å²) in [4.78, 5) is 0. The van der Waals surface area contributed by atoms with E-state index in [0.29, 0.717) is 12.1 Å². The third kappa shape index (κ3) is 3.60. The Morgan fingerprint density at radius 1 is 1.16 bits per heavy atom. The van der Waals surface area contributed by atoms with E-state index in [1.807, 2.05) is 0 Å². The van der Waals surface area contributed by atoms with Gasteiger partial charge in [-0.05, 0) is 63.0 Å². The summed E-state index contributed by atoms with van der Waals surface area (Å²) in [5.74, 6) is 1.71. The maximum absolute atomic E-state index is 3.87. The second-order valence-corrected chi connectivity index (χ2v) is 6.75. The fourth-order valence-electron chi connectivity index (χ4n) is 3.55. The summed E-state index contributed by atoms with van der Waals surface area (Å²) in [5.41, 5.74) is 4.23. The first-order valence-electron chi connectivity index (χ1n) is 7.80. The van der Waals surface area contributed by atoms with Crippen molar-refractivity contribution in [3.8, 4) is 0 Å². The number of rotatable bonds is 3. The first kappa shape index (κ1) is 14.6. The topological polar surface area (TPSA) is 12.0 Å². The van der Waals surface area contributed by atoms with Crippen LogP contribution in [-0.4, -0.2) is 6.04 Å². The molecule has 1 fully saturated rings. The lowest BCUT2D eigenvalue weighted by atomic mass is 9.79. The van der Waals surface area contributed by atoms with Crippen LogP contribution >= 0.6 is 0 Å². The van der Waals surface area contributed by atoms with Crippen LogP contribution < -0.4 is 5.32 Å². The van der Waals surface area contributed by atoms with Crippen molar-refractivity contribution in [2.24, 2.45) is 11.8 Å². The van der Waals surface area contributed by atoms with Gasteiger partial charge in [-0.1, -0.05) is 37.6 Å². The molecule has 0 spiro atoms. The molecule has 1 heteroatoms. The summed E-state index contributed by atoms with van der Waals surface area (Å²) in [5, 5.41) is 3.87. The average molecular weight is 259 g/mol. The number of hydrogen-bond donors (Lipinski definition) is 1. The molecule has 1 aliphatic carbocycles. The molecule has 1 aromatic rings. The Morgan fingerprint density at radius 2 is 1.89 bits per heavy atom. The van der Waals surface area contributed by atoms with Crippen molar-refractivity contribution in [1.29, 1.82) is 0 Å². The van der Waals surface area contributed by atoms with E-state index in [9.17, 15) is 0 Å². The highest BCUT2D eigenvalue weighted by Gasteiger charge is 2.26. The van der Waals surface area contributed by atoms with Gasteiger partial charge in [0.25, 0.3) is 0 Å². The van der Waals surface area contributed by atoms with Crippen LogP contribution in [0.5, 0.6) is 0 Å². The van der Waals surface area contributed by atoms with Crippen molar-refractivity contribution in [2.45, 2.75) is 66.0 Å². The number of nitrogens with one attached hydrogen (secondary N) is 1. The van der Waals surface area contributed by atoms with Crippen molar-refractivity contribution in [3.63, 3.8) is 0 Å². The van der Waals surface area contributed by atoms with Gasteiger partial charge in [-0.15, -0.1) is 0 Å². The summed E-state index contributed by atoms with van der Waals surface area (Å²) in [6, 6.07) is 7.93. The first-order chi connectivity index (χ1) is 8.97. The molecule has 0 saturated heterocycles. The van der Waals surface area contributed by atoms with Crippen molar-refractivity contribution in [3.05, 3.63) is 34.9 Å². The summed E-state index contributed by atoms with van der Waals surface area (Å²) in [7, 11) is 0. The summed E-state index contributed by atoms with van der Waals surface area (Å²) in [6.45, 7) is 11.5. The predicted molar refractivity (Wildman–Crippen MR) is 83.4 cm³/mol. The minimum absolute atomic E-state index is 0.459. The lowest BCUT2D eigenvalue weighted by molar-refractivity contribution is 0.216. The fourth-order valence-corrected chi connectivity index (χ4v) is 3.55. The second-order valence-electron chi connectivity index (χ2n) is 6.75. The highest BCUT2D eigenvalue weighted by molar-refractivity contribution is 5.32. The van der Waals surface area contributed by atoms with Crippen molar-refractivity contribution >= 4 is 0 Å².